The fraction of sp³-hybridized carbons (Fsp3) is 0.524. The standard InChI is InChI=1S/C21H28N4O3/c1-3-16(22-11-14-24-12-7-4-8-13-24)18-19(26)23-21(28)25(20(18)27)17-10-6-5-9-15(17)2/h5-6,9-10,18H,3-4,7-8,11-14H2,1-2H3,(H,23,26,28). The van der Waals surface area contributed by atoms with E-state index in [1.165, 1.54) is 19.3 Å². The summed E-state index contributed by atoms with van der Waals surface area (Å²) in [5.74, 6) is -2.16. The summed E-state index contributed by atoms with van der Waals surface area (Å²) >= 11 is 0. The zero-order valence-electron chi connectivity index (χ0n) is 16.6. The molecular weight excluding hydrogens is 356 g/mol. The van der Waals surface area contributed by atoms with Gasteiger partial charge in [-0.05, 0) is 50.9 Å². The van der Waals surface area contributed by atoms with Gasteiger partial charge in [0.05, 0.1) is 12.2 Å². The van der Waals surface area contributed by atoms with Crippen LogP contribution in [-0.2, 0) is 9.59 Å². The first-order chi connectivity index (χ1) is 13.5. The van der Waals surface area contributed by atoms with Crippen molar-refractivity contribution in [3.63, 3.8) is 0 Å². The Morgan fingerprint density at radius 2 is 1.86 bits per heavy atom. The lowest BCUT2D eigenvalue weighted by molar-refractivity contribution is -0.131. The van der Waals surface area contributed by atoms with E-state index in [9.17, 15) is 14.4 Å². The number of aryl methyl sites for hydroxylation is 1. The Hall–Kier alpha value is -2.54. The van der Waals surface area contributed by atoms with E-state index in [2.05, 4.69) is 15.2 Å². The molecule has 2 heterocycles. The zero-order valence-corrected chi connectivity index (χ0v) is 16.6. The third kappa shape index (κ3) is 4.30. The molecule has 0 bridgehead atoms. The van der Waals surface area contributed by atoms with Gasteiger partial charge in [0.25, 0.3) is 5.91 Å². The topological polar surface area (TPSA) is 82.1 Å². The number of amides is 4. The molecule has 2 fully saturated rings. The van der Waals surface area contributed by atoms with Crippen LogP contribution in [0.15, 0.2) is 29.3 Å². The van der Waals surface area contributed by atoms with E-state index < -0.39 is 23.8 Å². The van der Waals surface area contributed by atoms with Crippen molar-refractivity contribution in [2.45, 2.75) is 39.5 Å². The van der Waals surface area contributed by atoms with Gasteiger partial charge in [0.2, 0.25) is 5.91 Å². The summed E-state index contributed by atoms with van der Waals surface area (Å²) in [5.41, 5.74) is 1.82. The largest absolute Gasteiger partial charge is 0.335 e. The Labute approximate surface area is 165 Å². The molecule has 1 atom stereocenters. The number of nitrogens with zero attached hydrogens (tertiary/aromatic N) is 3. The van der Waals surface area contributed by atoms with E-state index in [4.69, 9.17) is 0 Å². The van der Waals surface area contributed by atoms with Crippen molar-refractivity contribution in [1.29, 1.82) is 0 Å². The minimum atomic E-state index is -1.05. The SMILES string of the molecule is CCC(=NCCN1CCCCC1)C1C(=O)NC(=O)N(c2ccccc2C)C1=O. The molecule has 2 aliphatic rings. The second-order valence-corrected chi connectivity index (χ2v) is 7.32. The Bertz CT molecular complexity index is 784. The highest BCUT2D eigenvalue weighted by atomic mass is 16.2. The van der Waals surface area contributed by atoms with E-state index in [-0.39, 0.29) is 0 Å². The van der Waals surface area contributed by atoms with Gasteiger partial charge in [-0.1, -0.05) is 31.5 Å². The van der Waals surface area contributed by atoms with E-state index >= 15 is 0 Å². The van der Waals surface area contributed by atoms with Gasteiger partial charge >= 0.3 is 6.03 Å². The summed E-state index contributed by atoms with van der Waals surface area (Å²) in [7, 11) is 0. The highest BCUT2D eigenvalue weighted by molar-refractivity contribution is 6.35. The number of rotatable bonds is 6. The molecule has 150 valence electrons. The van der Waals surface area contributed by atoms with Crippen molar-refractivity contribution in [2.24, 2.45) is 10.9 Å². The number of aliphatic imine (C=N–C) groups is 1. The van der Waals surface area contributed by atoms with Gasteiger partial charge < -0.3 is 4.90 Å². The molecule has 1 N–H and O–H groups in total. The summed E-state index contributed by atoms with van der Waals surface area (Å²) in [5, 5.41) is 2.33. The predicted molar refractivity (Wildman–Crippen MR) is 109 cm³/mol. The van der Waals surface area contributed by atoms with Crippen molar-refractivity contribution in [3.8, 4) is 0 Å². The van der Waals surface area contributed by atoms with Gasteiger partial charge in [0.1, 0.15) is 0 Å². The number of nitrogens with one attached hydrogen (secondary N) is 1. The molecule has 1 unspecified atom stereocenters. The normalized spacial score (nSPS) is 21.8. The first kappa shape index (κ1) is 20.2. The van der Waals surface area contributed by atoms with Crippen LogP contribution in [0.1, 0.15) is 38.2 Å². The lowest BCUT2D eigenvalue weighted by Gasteiger charge is -2.31. The summed E-state index contributed by atoms with van der Waals surface area (Å²) in [6.07, 6.45) is 4.18. The van der Waals surface area contributed by atoms with Crippen LogP contribution in [0.4, 0.5) is 10.5 Å². The van der Waals surface area contributed by atoms with Crippen molar-refractivity contribution >= 4 is 29.2 Å². The number of hydrogen-bond donors (Lipinski definition) is 1. The van der Waals surface area contributed by atoms with Gasteiger partial charge in [-0.3, -0.25) is 19.9 Å². The van der Waals surface area contributed by atoms with Crippen molar-refractivity contribution in [2.75, 3.05) is 31.1 Å². The highest BCUT2D eigenvalue weighted by Gasteiger charge is 2.43. The van der Waals surface area contributed by atoms with E-state index in [0.29, 0.717) is 24.4 Å². The number of piperidine rings is 1. The third-order valence-electron chi connectivity index (χ3n) is 5.39. The Morgan fingerprint density at radius 3 is 2.54 bits per heavy atom. The Balaban J connectivity index is 1.78. The minimum Gasteiger partial charge on any atom is -0.301 e. The second kappa shape index (κ2) is 9.10. The maximum atomic E-state index is 13.1. The third-order valence-corrected chi connectivity index (χ3v) is 5.39. The van der Waals surface area contributed by atoms with Gasteiger partial charge in [0.15, 0.2) is 5.92 Å². The molecule has 28 heavy (non-hydrogen) atoms. The number of para-hydroxylation sites is 1. The maximum Gasteiger partial charge on any atom is 0.335 e. The monoisotopic (exact) mass is 384 g/mol. The van der Waals surface area contributed by atoms with Crippen molar-refractivity contribution in [3.05, 3.63) is 29.8 Å². The number of carbonyl (C=O) groups is 3. The average Bonchev–Trinajstić information content (AvgIpc) is 2.68. The van der Waals surface area contributed by atoms with Crippen LogP contribution >= 0.6 is 0 Å². The van der Waals surface area contributed by atoms with Crippen LogP contribution < -0.4 is 10.2 Å². The van der Waals surface area contributed by atoms with Crippen LogP contribution in [0.25, 0.3) is 0 Å². The zero-order chi connectivity index (χ0) is 20.1. The molecule has 4 amide bonds. The minimum absolute atomic E-state index is 0.486. The molecule has 7 heteroatoms. The molecule has 3 rings (SSSR count). The molecule has 0 spiro atoms. The summed E-state index contributed by atoms with van der Waals surface area (Å²) in [6.45, 7) is 7.25. The fourth-order valence-electron chi connectivity index (χ4n) is 3.84. The number of imide groups is 2. The van der Waals surface area contributed by atoms with Crippen molar-refractivity contribution in [1.82, 2.24) is 10.2 Å². The molecule has 0 radical (unpaired) electrons. The lowest BCUT2D eigenvalue weighted by Crippen LogP contribution is -2.60. The van der Waals surface area contributed by atoms with Crippen molar-refractivity contribution < 1.29 is 14.4 Å². The van der Waals surface area contributed by atoms with Crippen LogP contribution in [0, 0.1) is 12.8 Å². The van der Waals surface area contributed by atoms with Gasteiger partial charge in [0, 0.05) is 12.3 Å². The van der Waals surface area contributed by atoms with Crippen LogP contribution in [0.5, 0.6) is 0 Å². The van der Waals surface area contributed by atoms with Gasteiger partial charge in [-0.15, -0.1) is 0 Å². The van der Waals surface area contributed by atoms with Gasteiger partial charge in [-0.2, -0.15) is 0 Å². The number of carbonyl (C=O) groups excluding carboxylic acids is 3. The summed E-state index contributed by atoms with van der Waals surface area (Å²) < 4.78 is 0. The number of hydrogen-bond acceptors (Lipinski definition) is 5. The van der Waals surface area contributed by atoms with Gasteiger partial charge in [-0.25, -0.2) is 9.69 Å². The molecule has 0 aliphatic carbocycles. The predicted octanol–water partition coefficient (Wildman–Crippen LogP) is 2.53. The molecule has 1 aromatic carbocycles. The number of anilines is 1. The Kier molecular flexibility index (Phi) is 6.57. The summed E-state index contributed by atoms with van der Waals surface area (Å²) in [6, 6.07) is 6.44. The number of urea groups is 1. The smallest absolute Gasteiger partial charge is 0.301 e. The van der Waals surface area contributed by atoms with E-state index in [1.807, 2.05) is 26.0 Å². The molecule has 0 aromatic heterocycles. The molecular formula is C21H28N4O3. The average molecular weight is 384 g/mol. The summed E-state index contributed by atoms with van der Waals surface area (Å²) in [4.78, 5) is 46.0. The molecule has 0 saturated carbocycles. The van der Waals surface area contributed by atoms with Crippen LogP contribution in [-0.4, -0.2) is 54.6 Å². The number of benzene rings is 1. The number of likely N-dealkylation sites (tertiary alicyclic amines) is 1. The second-order valence-electron chi connectivity index (χ2n) is 7.32. The molecule has 1 aromatic rings. The molecule has 2 saturated heterocycles. The first-order valence-corrected chi connectivity index (χ1v) is 10.0. The molecule has 2 aliphatic heterocycles. The van der Waals surface area contributed by atoms with E-state index in [1.54, 1.807) is 12.1 Å². The van der Waals surface area contributed by atoms with Crippen LogP contribution in [0.2, 0.25) is 0 Å². The fourth-order valence-corrected chi connectivity index (χ4v) is 3.84. The van der Waals surface area contributed by atoms with Crippen LogP contribution in [0.3, 0.4) is 0 Å². The maximum absolute atomic E-state index is 13.1. The Morgan fingerprint density at radius 1 is 1.14 bits per heavy atom. The number of barbiturate groups is 1. The lowest BCUT2D eigenvalue weighted by atomic mass is 9.95. The molecule has 7 nitrogen and oxygen atoms in total. The highest BCUT2D eigenvalue weighted by Crippen LogP contribution is 2.25. The first-order valence-electron chi connectivity index (χ1n) is 10.0. The van der Waals surface area contributed by atoms with E-state index in [0.717, 1.165) is 30.1 Å². The quantitative estimate of drug-likeness (QED) is 0.604.